The molecule has 1 aliphatic heterocycles. The molecule has 0 N–H and O–H groups in total. The second-order valence-corrected chi connectivity index (χ2v) is 3.90. The topological polar surface area (TPSA) is 38.8 Å². The smallest absolute Gasteiger partial charge is 0.283 e. The lowest BCUT2D eigenvalue weighted by Crippen LogP contribution is -2.38. The summed E-state index contributed by atoms with van der Waals surface area (Å²) in [4.78, 5) is 16.8. The molecule has 2 rings (SSSR count). The van der Waals surface area contributed by atoms with Gasteiger partial charge >= 0.3 is 0 Å². The number of rotatable bonds is 3. The van der Waals surface area contributed by atoms with Gasteiger partial charge < -0.3 is 4.74 Å². The van der Waals surface area contributed by atoms with Crippen molar-refractivity contribution in [2.75, 3.05) is 19.8 Å². The highest BCUT2D eigenvalue weighted by Gasteiger charge is 2.18. The minimum Gasteiger partial charge on any atom is -0.481 e. The van der Waals surface area contributed by atoms with Crippen molar-refractivity contribution < 1.29 is 23.1 Å². The van der Waals surface area contributed by atoms with E-state index in [0.29, 0.717) is 19.2 Å². The zero-order valence-corrected chi connectivity index (χ0v) is 9.70. The minimum atomic E-state index is -0.831. The normalized spacial score (nSPS) is 15.6. The number of carbonyl (C=O) groups excluding carboxylic acids is 1. The average Bonchev–Trinajstić information content (AvgIpc) is 2.38. The summed E-state index contributed by atoms with van der Waals surface area (Å²) in [7, 11) is 0. The molecule has 0 atom stereocenters. The molecule has 0 saturated carbocycles. The van der Waals surface area contributed by atoms with Crippen LogP contribution in [0.5, 0.6) is 5.75 Å². The number of benzene rings is 1. The van der Waals surface area contributed by atoms with Gasteiger partial charge in [0.05, 0.1) is 6.61 Å². The molecule has 0 unspecified atom stereocenters. The van der Waals surface area contributed by atoms with Crippen molar-refractivity contribution >= 4 is 5.91 Å². The van der Waals surface area contributed by atoms with Gasteiger partial charge in [-0.15, -0.1) is 0 Å². The van der Waals surface area contributed by atoms with Crippen LogP contribution in [0.25, 0.3) is 0 Å². The van der Waals surface area contributed by atoms with E-state index >= 15 is 0 Å². The maximum atomic E-state index is 13.2. The van der Waals surface area contributed by atoms with Crippen LogP contribution in [0.4, 0.5) is 8.78 Å². The molecule has 0 aromatic heterocycles. The Bertz CT molecular complexity index is 433. The Hall–Kier alpha value is -1.69. The molecule has 1 aliphatic rings. The highest BCUT2D eigenvalue weighted by Crippen LogP contribution is 2.17. The van der Waals surface area contributed by atoms with E-state index in [1.54, 1.807) is 0 Å². The summed E-state index contributed by atoms with van der Waals surface area (Å²) in [5.74, 6) is -2.05. The summed E-state index contributed by atoms with van der Waals surface area (Å²) in [6.45, 7) is 0.674. The quantitative estimate of drug-likeness (QED) is 0.830. The Labute approximate surface area is 103 Å². The SMILES string of the molecule is O=C(COc1ccc(F)cc1F)N1CCCCO1. The van der Waals surface area contributed by atoms with Gasteiger partial charge in [-0.05, 0) is 25.0 Å². The summed E-state index contributed by atoms with van der Waals surface area (Å²) in [6, 6.07) is 2.92. The van der Waals surface area contributed by atoms with Crippen LogP contribution in [0.2, 0.25) is 0 Å². The molecule has 4 nitrogen and oxygen atoms in total. The van der Waals surface area contributed by atoms with Crippen LogP contribution in [0.3, 0.4) is 0 Å². The summed E-state index contributed by atoms with van der Waals surface area (Å²) >= 11 is 0. The van der Waals surface area contributed by atoms with Gasteiger partial charge in [-0.3, -0.25) is 9.63 Å². The van der Waals surface area contributed by atoms with Gasteiger partial charge in [0.1, 0.15) is 5.82 Å². The van der Waals surface area contributed by atoms with E-state index in [1.165, 1.54) is 5.06 Å². The Balaban J connectivity index is 1.88. The summed E-state index contributed by atoms with van der Waals surface area (Å²) < 4.78 is 30.9. The van der Waals surface area contributed by atoms with Crippen molar-refractivity contribution in [2.24, 2.45) is 0 Å². The number of hydrogen-bond donors (Lipinski definition) is 0. The maximum absolute atomic E-state index is 13.2. The van der Waals surface area contributed by atoms with E-state index in [9.17, 15) is 13.6 Å². The van der Waals surface area contributed by atoms with E-state index < -0.39 is 11.6 Å². The highest BCUT2D eigenvalue weighted by molar-refractivity contribution is 5.76. The largest absolute Gasteiger partial charge is 0.481 e. The Morgan fingerprint density at radius 3 is 2.89 bits per heavy atom. The molecule has 1 fully saturated rings. The lowest BCUT2D eigenvalue weighted by Gasteiger charge is -2.25. The monoisotopic (exact) mass is 257 g/mol. The van der Waals surface area contributed by atoms with E-state index in [0.717, 1.165) is 25.0 Å². The van der Waals surface area contributed by atoms with Crippen LogP contribution < -0.4 is 4.74 Å². The van der Waals surface area contributed by atoms with Crippen LogP contribution in [0.15, 0.2) is 18.2 Å². The van der Waals surface area contributed by atoms with Crippen LogP contribution >= 0.6 is 0 Å². The van der Waals surface area contributed by atoms with Gasteiger partial charge in [0.25, 0.3) is 5.91 Å². The van der Waals surface area contributed by atoms with E-state index in [1.807, 2.05) is 0 Å². The number of nitrogens with zero attached hydrogens (tertiary/aromatic N) is 1. The third-order valence-corrected chi connectivity index (χ3v) is 2.53. The standard InChI is InChI=1S/C12H13F2NO3/c13-9-3-4-11(10(14)7-9)17-8-12(16)15-5-1-2-6-18-15/h3-4,7H,1-2,5-6,8H2. The number of carbonyl (C=O) groups is 1. The first kappa shape index (κ1) is 12.8. The van der Waals surface area contributed by atoms with Crippen molar-refractivity contribution in [3.8, 4) is 5.75 Å². The van der Waals surface area contributed by atoms with E-state index in [4.69, 9.17) is 9.57 Å². The maximum Gasteiger partial charge on any atom is 0.283 e. The van der Waals surface area contributed by atoms with Gasteiger partial charge in [-0.2, -0.15) is 0 Å². The zero-order valence-electron chi connectivity index (χ0n) is 9.70. The molecule has 0 bridgehead atoms. The lowest BCUT2D eigenvalue weighted by atomic mass is 10.3. The predicted octanol–water partition coefficient (Wildman–Crippen LogP) is 1.90. The fraction of sp³-hybridized carbons (Fsp3) is 0.417. The third-order valence-electron chi connectivity index (χ3n) is 2.53. The van der Waals surface area contributed by atoms with Crippen LogP contribution in [-0.2, 0) is 9.63 Å². The third kappa shape index (κ3) is 3.16. The summed E-state index contributed by atoms with van der Waals surface area (Å²) in [5, 5.41) is 1.21. The van der Waals surface area contributed by atoms with Crippen molar-refractivity contribution in [1.29, 1.82) is 0 Å². The van der Waals surface area contributed by atoms with Gasteiger partial charge in [0, 0.05) is 12.6 Å². The molecule has 1 aromatic rings. The van der Waals surface area contributed by atoms with Crippen molar-refractivity contribution in [1.82, 2.24) is 5.06 Å². The Morgan fingerprint density at radius 2 is 2.22 bits per heavy atom. The van der Waals surface area contributed by atoms with Gasteiger partial charge in [0.15, 0.2) is 18.2 Å². The highest BCUT2D eigenvalue weighted by atomic mass is 19.1. The van der Waals surface area contributed by atoms with E-state index in [-0.39, 0.29) is 18.3 Å². The molecule has 6 heteroatoms. The number of amides is 1. The fourth-order valence-electron chi connectivity index (χ4n) is 1.60. The molecule has 0 aliphatic carbocycles. The zero-order chi connectivity index (χ0) is 13.0. The lowest BCUT2D eigenvalue weighted by molar-refractivity contribution is -0.198. The molecular weight excluding hydrogens is 244 g/mol. The molecule has 18 heavy (non-hydrogen) atoms. The van der Waals surface area contributed by atoms with Crippen LogP contribution in [0, 0.1) is 11.6 Å². The molecule has 98 valence electrons. The molecule has 0 radical (unpaired) electrons. The summed E-state index contributed by atoms with van der Waals surface area (Å²) in [5.41, 5.74) is 0. The van der Waals surface area contributed by atoms with Crippen LogP contribution in [-0.4, -0.2) is 30.7 Å². The van der Waals surface area contributed by atoms with Gasteiger partial charge in [-0.1, -0.05) is 0 Å². The predicted molar refractivity (Wildman–Crippen MR) is 58.8 cm³/mol. The first-order valence-electron chi connectivity index (χ1n) is 5.68. The molecule has 1 heterocycles. The molecule has 1 amide bonds. The van der Waals surface area contributed by atoms with Crippen LogP contribution in [0.1, 0.15) is 12.8 Å². The number of ether oxygens (including phenoxy) is 1. The fourth-order valence-corrected chi connectivity index (χ4v) is 1.60. The van der Waals surface area contributed by atoms with Crippen molar-refractivity contribution in [3.63, 3.8) is 0 Å². The second kappa shape index (κ2) is 5.77. The molecular formula is C12H13F2NO3. The molecule has 1 aromatic carbocycles. The number of hydroxylamine groups is 2. The second-order valence-electron chi connectivity index (χ2n) is 3.90. The van der Waals surface area contributed by atoms with Gasteiger partial charge in [0.2, 0.25) is 0 Å². The number of hydrogen-bond acceptors (Lipinski definition) is 3. The number of halogens is 2. The summed E-state index contributed by atoms with van der Waals surface area (Å²) in [6.07, 6.45) is 1.79. The molecule has 0 spiro atoms. The van der Waals surface area contributed by atoms with Gasteiger partial charge in [-0.25, -0.2) is 13.8 Å². The van der Waals surface area contributed by atoms with Crippen molar-refractivity contribution in [2.45, 2.75) is 12.8 Å². The minimum absolute atomic E-state index is 0.151. The Kier molecular flexibility index (Phi) is 4.09. The first-order chi connectivity index (χ1) is 8.66. The average molecular weight is 257 g/mol. The Morgan fingerprint density at radius 1 is 1.39 bits per heavy atom. The van der Waals surface area contributed by atoms with Crippen molar-refractivity contribution in [3.05, 3.63) is 29.8 Å². The van der Waals surface area contributed by atoms with E-state index in [2.05, 4.69) is 0 Å². The first-order valence-corrected chi connectivity index (χ1v) is 5.68. The molecule has 1 saturated heterocycles.